The lowest BCUT2D eigenvalue weighted by atomic mass is 10.2. The van der Waals surface area contributed by atoms with Crippen LogP contribution < -0.4 is 0 Å². The second-order valence-electron chi connectivity index (χ2n) is 3.63. The highest BCUT2D eigenvalue weighted by Crippen LogP contribution is 2.31. The molecule has 0 spiro atoms. The molecule has 1 rings (SSSR count). The molecule has 0 aliphatic heterocycles. The number of hydrogen-bond donors (Lipinski definition) is 0. The highest BCUT2D eigenvalue weighted by atomic mass is 35.5. The minimum atomic E-state index is -0.459. The van der Waals surface area contributed by atoms with Crippen LogP contribution in [0.5, 0.6) is 0 Å². The number of aromatic nitrogens is 2. The molecule has 0 saturated heterocycles. The molecule has 0 aromatic carbocycles. The molecule has 5 nitrogen and oxygen atoms in total. The van der Waals surface area contributed by atoms with Gasteiger partial charge >= 0.3 is 5.69 Å². The Labute approximate surface area is 93.2 Å². The third-order valence-electron chi connectivity index (χ3n) is 2.06. The van der Waals surface area contributed by atoms with E-state index in [1.165, 1.54) is 4.68 Å². The maximum Gasteiger partial charge on any atom is 0.329 e. The summed E-state index contributed by atoms with van der Waals surface area (Å²) in [6.45, 7) is 5.72. The van der Waals surface area contributed by atoms with E-state index >= 15 is 0 Å². The third-order valence-corrected chi connectivity index (χ3v) is 2.41. The third kappa shape index (κ3) is 2.28. The minimum absolute atomic E-state index is 0.0295. The van der Waals surface area contributed by atoms with E-state index in [1.807, 2.05) is 20.8 Å². The fourth-order valence-corrected chi connectivity index (χ4v) is 1.79. The van der Waals surface area contributed by atoms with E-state index in [-0.39, 0.29) is 16.9 Å². The zero-order chi connectivity index (χ0) is 11.6. The molecule has 1 heterocycles. The standard InChI is InChI=1S/C9H14ClN3O2/c1-4-5-7-8(13(14)15)9(10)12(11-7)6(2)3/h6H,4-5H2,1-3H3. The van der Waals surface area contributed by atoms with Gasteiger partial charge in [0.25, 0.3) is 0 Å². The predicted octanol–water partition coefficient (Wildman–Crippen LogP) is 2.98. The summed E-state index contributed by atoms with van der Waals surface area (Å²) in [5.41, 5.74) is 0.424. The van der Waals surface area contributed by atoms with E-state index in [0.29, 0.717) is 12.1 Å². The maximum atomic E-state index is 10.8. The van der Waals surface area contributed by atoms with Gasteiger partial charge in [-0.05, 0) is 20.3 Å². The van der Waals surface area contributed by atoms with Crippen LogP contribution in [0.15, 0.2) is 0 Å². The first-order valence-corrected chi connectivity index (χ1v) is 5.28. The molecule has 0 radical (unpaired) electrons. The molecule has 0 unspecified atom stereocenters. The van der Waals surface area contributed by atoms with Crippen LogP contribution >= 0.6 is 11.6 Å². The summed E-state index contributed by atoms with van der Waals surface area (Å²) in [6.07, 6.45) is 1.39. The lowest BCUT2D eigenvalue weighted by Gasteiger charge is -2.04. The molecular formula is C9H14ClN3O2. The van der Waals surface area contributed by atoms with Crippen LogP contribution in [0, 0.1) is 10.1 Å². The van der Waals surface area contributed by atoms with E-state index in [1.54, 1.807) is 0 Å². The number of nitrogens with zero attached hydrogens (tertiary/aromatic N) is 3. The second kappa shape index (κ2) is 4.61. The van der Waals surface area contributed by atoms with Gasteiger partial charge in [0.2, 0.25) is 5.15 Å². The van der Waals surface area contributed by atoms with Gasteiger partial charge in [0.1, 0.15) is 5.69 Å². The van der Waals surface area contributed by atoms with Crippen LogP contribution in [-0.4, -0.2) is 14.7 Å². The molecule has 0 atom stereocenters. The molecule has 0 bridgehead atoms. The van der Waals surface area contributed by atoms with E-state index in [0.717, 1.165) is 6.42 Å². The Morgan fingerprint density at radius 3 is 2.60 bits per heavy atom. The predicted molar refractivity (Wildman–Crippen MR) is 58.3 cm³/mol. The van der Waals surface area contributed by atoms with Crippen molar-refractivity contribution in [1.82, 2.24) is 9.78 Å². The summed E-state index contributed by atoms with van der Waals surface area (Å²) < 4.78 is 1.49. The summed E-state index contributed by atoms with van der Waals surface area (Å²) in [4.78, 5) is 10.4. The molecule has 1 aromatic rings. The van der Waals surface area contributed by atoms with Crippen molar-refractivity contribution in [2.45, 2.75) is 39.7 Å². The van der Waals surface area contributed by atoms with Crippen molar-refractivity contribution < 1.29 is 4.92 Å². The zero-order valence-corrected chi connectivity index (χ0v) is 9.78. The van der Waals surface area contributed by atoms with Gasteiger partial charge in [-0.2, -0.15) is 5.10 Å². The molecule has 0 amide bonds. The Morgan fingerprint density at radius 1 is 1.60 bits per heavy atom. The van der Waals surface area contributed by atoms with Crippen molar-refractivity contribution in [3.05, 3.63) is 21.0 Å². The fourth-order valence-electron chi connectivity index (χ4n) is 1.38. The SMILES string of the molecule is CCCc1nn(C(C)C)c(Cl)c1[N+](=O)[O-]. The van der Waals surface area contributed by atoms with E-state index < -0.39 is 4.92 Å². The van der Waals surface area contributed by atoms with Crippen LogP contribution in [0.4, 0.5) is 5.69 Å². The summed E-state index contributed by atoms with van der Waals surface area (Å²) >= 11 is 5.91. The molecule has 0 saturated carbocycles. The van der Waals surface area contributed by atoms with Gasteiger partial charge in [0.15, 0.2) is 0 Å². The van der Waals surface area contributed by atoms with Gasteiger partial charge in [-0.1, -0.05) is 24.9 Å². The molecule has 0 fully saturated rings. The quantitative estimate of drug-likeness (QED) is 0.591. The van der Waals surface area contributed by atoms with Crippen molar-refractivity contribution >= 4 is 17.3 Å². The Balaban J connectivity index is 3.26. The second-order valence-corrected chi connectivity index (χ2v) is 3.99. The number of rotatable bonds is 4. The lowest BCUT2D eigenvalue weighted by Crippen LogP contribution is -2.03. The smallest absolute Gasteiger partial charge is 0.258 e. The minimum Gasteiger partial charge on any atom is -0.258 e. The van der Waals surface area contributed by atoms with Gasteiger partial charge in [0.05, 0.1) is 4.92 Å². The molecule has 6 heteroatoms. The largest absolute Gasteiger partial charge is 0.329 e. The highest BCUT2D eigenvalue weighted by Gasteiger charge is 2.26. The zero-order valence-electron chi connectivity index (χ0n) is 9.03. The molecule has 1 aromatic heterocycles. The van der Waals surface area contributed by atoms with Gasteiger partial charge in [-0.15, -0.1) is 0 Å². The van der Waals surface area contributed by atoms with Crippen molar-refractivity contribution in [3.8, 4) is 0 Å². The summed E-state index contributed by atoms with van der Waals surface area (Å²) in [5.74, 6) is 0. The molecular weight excluding hydrogens is 218 g/mol. The van der Waals surface area contributed by atoms with Crippen molar-refractivity contribution in [2.24, 2.45) is 0 Å². The summed E-state index contributed by atoms with van der Waals surface area (Å²) in [7, 11) is 0. The monoisotopic (exact) mass is 231 g/mol. The van der Waals surface area contributed by atoms with E-state index in [4.69, 9.17) is 11.6 Å². The normalized spacial score (nSPS) is 11.0. The molecule has 15 heavy (non-hydrogen) atoms. The van der Waals surface area contributed by atoms with Crippen LogP contribution in [0.3, 0.4) is 0 Å². The lowest BCUT2D eigenvalue weighted by molar-refractivity contribution is -0.385. The van der Waals surface area contributed by atoms with Crippen molar-refractivity contribution in [3.63, 3.8) is 0 Å². The molecule has 0 aliphatic rings. The van der Waals surface area contributed by atoms with Crippen LogP contribution in [-0.2, 0) is 6.42 Å². The summed E-state index contributed by atoms with van der Waals surface area (Å²) in [6, 6.07) is 0.0295. The van der Waals surface area contributed by atoms with Crippen molar-refractivity contribution in [1.29, 1.82) is 0 Å². The molecule has 0 N–H and O–H groups in total. The fraction of sp³-hybridized carbons (Fsp3) is 0.667. The highest BCUT2D eigenvalue weighted by molar-refractivity contribution is 6.31. The van der Waals surface area contributed by atoms with E-state index in [2.05, 4.69) is 5.10 Å². The Bertz CT molecular complexity index is 374. The molecule has 84 valence electrons. The number of aryl methyl sites for hydroxylation is 1. The van der Waals surface area contributed by atoms with Crippen LogP contribution in [0.1, 0.15) is 38.9 Å². The van der Waals surface area contributed by atoms with E-state index in [9.17, 15) is 10.1 Å². The maximum absolute atomic E-state index is 10.8. The number of halogens is 1. The first-order chi connectivity index (χ1) is 6.99. The summed E-state index contributed by atoms with van der Waals surface area (Å²) in [5, 5.41) is 15.1. The Kier molecular flexibility index (Phi) is 3.68. The number of nitro groups is 1. The topological polar surface area (TPSA) is 61.0 Å². The average Bonchev–Trinajstić information content (AvgIpc) is 2.43. The van der Waals surface area contributed by atoms with Gasteiger partial charge < -0.3 is 0 Å². The Morgan fingerprint density at radius 2 is 2.20 bits per heavy atom. The first-order valence-electron chi connectivity index (χ1n) is 4.90. The average molecular weight is 232 g/mol. The first kappa shape index (κ1) is 12.0. The van der Waals surface area contributed by atoms with Crippen molar-refractivity contribution in [2.75, 3.05) is 0 Å². The van der Waals surface area contributed by atoms with Gasteiger partial charge in [-0.3, -0.25) is 10.1 Å². The van der Waals surface area contributed by atoms with Crippen LogP contribution in [0.25, 0.3) is 0 Å². The Hall–Kier alpha value is -1.10. The molecule has 0 aliphatic carbocycles. The number of hydrogen-bond acceptors (Lipinski definition) is 3. The van der Waals surface area contributed by atoms with Gasteiger partial charge in [-0.25, -0.2) is 4.68 Å². The van der Waals surface area contributed by atoms with Crippen LogP contribution in [0.2, 0.25) is 5.15 Å². The van der Waals surface area contributed by atoms with Gasteiger partial charge in [0, 0.05) is 6.04 Å².